The Morgan fingerprint density at radius 3 is 2.80 bits per heavy atom. The fourth-order valence-corrected chi connectivity index (χ4v) is 3.39. The molecule has 3 aromatic rings. The number of methoxy groups -OCH3 is 1. The second kappa shape index (κ2) is 10.7. The van der Waals surface area contributed by atoms with Gasteiger partial charge in [-0.05, 0) is 24.3 Å². The zero-order chi connectivity index (χ0) is 21.3. The molecule has 3 aromatic heterocycles. The highest BCUT2D eigenvalue weighted by molar-refractivity contribution is 7.98. The van der Waals surface area contributed by atoms with Crippen molar-refractivity contribution in [2.24, 2.45) is 0 Å². The van der Waals surface area contributed by atoms with Crippen molar-refractivity contribution in [3.63, 3.8) is 0 Å². The van der Waals surface area contributed by atoms with Crippen LogP contribution in [0.3, 0.4) is 0 Å². The Morgan fingerprint density at radius 1 is 1.20 bits per heavy atom. The van der Waals surface area contributed by atoms with Crippen LogP contribution in [0.15, 0.2) is 52.2 Å². The maximum atomic E-state index is 12.3. The van der Waals surface area contributed by atoms with Gasteiger partial charge in [0.2, 0.25) is 0 Å². The molecule has 0 aliphatic carbocycles. The van der Waals surface area contributed by atoms with E-state index in [-0.39, 0.29) is 11.7 Å². The van der Waals surface area contributed by atoms with Crippen molar-refractivity contribution in [1.29, 1.82) is 0 Å². The number of hydrogen-bond acceptors (Lipinski definition) is 8. The maximum absolute atomic E-state index is 12.3. The molecule has 1 amide bonds. The van der Waals surface area contributed by atoms with E-state index >= 15 is 0 Å². The number of rotatable bonds is 10. The van der Waals surface area contributed by atoms with E-state index in [4.69, 9.17) is 9.15 Å². The molecule has 0 unspecified atom stereocenters. The Hall–Kier alpha value is -2.91. The van der Waals surface area contributed by atoms with Crippen molar-refractivity contribution in [2.45, 2.75) is 23.9 Å². The molecule has 0 fully saturated rings. The molecule has 9 heteroatoms. The molecule has 0 atom stereocenters. The van der Waals surface area contributed by atoms with E-state index < -0.39 is 0 Å². The Balaban J connectivity index is 1.54. The van der Waals surface area contributed by atoms with Gasteiger partial charge in [-0.15, -0.1) is 0 Å². The van der Waals surface area contributed by atoms with E-state index in [0.717, 1.165) is 17.2 Å². The number of amides is 1. The van der Waals surface area contributed by atoms with Crippen molar-refractivity contribution in [2.75, 3.05) is 32.6 Å². The van der Waals surface area contributed by atoms with Crippen LogP contribution in [0.5, 0.6) is 0 Å². The molecule has 0 aliphatic heterocycles. The van der Waals surface area contributed by atoms with E-state index in [1.165, 1.54) is 11.8 Å². The first-order chi connectivity index (χ1) is 14.5. The largest absolute Gasteiger partial charge is 0.455 e. The molecule has 0 aliphatic rings. The highest BCUT2D eigenvalue weighted by atomic mass is 32.2. The molecule has 0 radical (unpaired) electrons. The summed E-state index contributed by atoms with van der Waals surface area (Å²) < 4.78 is 10.9. The fraction of sp³-hybridized carbons (Fsp3) is 0.333. The lowest BCUT2D eigenvalue weighted by molar-refractivity contribution is 0.0925. The lowest BCUT2D eigenvalue weighted by Crippen LogP contribution is -2.25. The molecule has 8 nitrogen and oxygen atoms in total. The van der Waals surface area contributed by atoms with Gasteiger partial charge in [0.1, 0.15) is 11.6 Å². The molecule has 0 spiro atoms. The van der Waals surface area contributed by atoms with Crippen LogP contribution in [0.4, 0.5) is 5.82 Å². The minimum Gasteiger partial charge on any atom is -0.455 e. The number of ether oxygens (including phenoxy) is 1. The number of furan rings is 1. The average molecular weight is 428 g/mol. The Morgan fingerprint density at radius 2 is 2.07 bits per heavy atom. The highest BCUT2D eigenvalue weighted by Gasteiger charge is 2.13. The van der Waals surface area contributed by atoms with Crippen molar-refractivity contribution in [1.82, 2.24) is 20.3 Å². The molecule has 3 rings (SSSR count). The number of pyridine rings is 1. The van der Waals surface area contributed by atoms with Gasteiger partial charge in [-0.1, -0.05) is 17.8 Å². The summed E-state index contributed by atoms with van der Waals surface area (Å²) in [7, 11) is 5.49. The third kappa shape index (κ3) is 6.30. The molecule has 0 saturated carbocycles. The van der Waals surface area contributed by atoms with Crippen LogP contribution in [-0.4, -0.2) is 48.6 Å². The van der Waals surface area contributed by atoms with Gasteiger partial charge < -0.3 is 19.4 Å². The maximum Gasteiger partial charge on any atom is 0.287 e. The molecule has 30 heavy (non-hydrogen) atoms. The van der Waals surface area contributed by atoms with Crippen molar-refractivity contribution in [3.8, 4) is 0 Å². The lowest BCUT2D eigenvalue weighted by atomic mass is 10.2. The summed E-state index contributed by atoms with van der Waals surface area (Å²) in [5.41, 5.74) is 1.74. The summed E-state index contributed by atoms with van der Waals surface area (Å²) in [5.74, 6) is 2.06. The molecular weight excluding hydrogens is 402 g/mol. The van der Waals surface area contributed by atoms with Gasteiger partial charge in [-0.3, -0.25) is 9.78 Å². The SMILES string of the molecule is COCc1cc(N(C)C)nc(SCc2ccc(C(=O)NCCc3ccccn3)o2)n1. The molecule has 158 valence electrons. The summed E-state index contributed by atoms with van der Waals surface area (Å²) in [5, 5.41) is 3.48. The van der Waals surface area contributed by atoms with E-state index in [1.54, 1.807) is 25.4 Å². The summed E-state index contributed by atoms with van der Waals surface area (Å²) in [4.78, 5) is 27.5. The first kappa shape index (κ1) is 21.8. The zero-order valence-corrected chi connectivity index (χ0v) is 18.1. The van der Waals surface area contributed by atoms with Crippen molar-refractivity contribution >= 4 is 23.5 Å². The number of anilines is 1. The van der Waals surface area contributed by atoms with Crippen molar-refractivity contribution in [3.05, 3.63) is 65.5 Å². The van der Waals surface area contributed by atoms with E-state index in [2.05, 4.69) is 20.3 Å². The second-order valence-electron chi connectivity index (χ2n) is 6.71. The van der Waals surface area contributed by atoms with Crippen LogP contribution in [-0.2, 0) is 23.5 Å². The minimum absolute atomic E-state index is 0.240. The zero-order valence-electron chi connectivity index (χ0n) is 17.3. The Labute approximate surface area is 180 Å². The first-order valence-corrected chi connectivity index (χ1v) is 10.5. The standard InChI is InChI=1S/C21H25N5O3S/c1-26(2)19-12-16(13-28-3)24-21(25-19)30-14-17-7-8-18(29-17)20(27)23-11-9-15-6-4-5-10-22-15/h4-8,10,12H,9,11,13-14H2,1-3H3,(H,23,27). The predicted molar refractivity (Wildman–Crippen MR) is 116 cm³/mol. The number of nitrogens with zero attached hydrogens (tertiary/aromatic N) is 4. The number of carbonyl (C=O) groups is 1. The van der Waals surface area contributed by atoms with Gasteiger partial charge >= 0.3 is 0 Å². The Kier molecular flexibility index (Phi) is 7.81. The molecule has 1 N–H and O–H groups in total. The number of carbonyl (C=O) groups excluding carboxylic acids is 1. The normalized spacial score (nSPS) is 10.8. The van der Waals surface area contributed by atoms with E-state index in [9.17, 15) is 4.79 Å². The van der Waals surface area contributed by atoms with Gasteiger partial charge in [-0.25, -0.2) is 9.97 Å². The van der Waals surface area contributed by atoms with E-state index in [1.807, 2.05) is 43.3 Å². The topological polar surface area (TPSA) is 93.4 Å². The summed E-state index contributed by atoms with van der Waals surface area (Å²) in [6.45, 7) is 0.911. The molecule has 0 saturated heterocycles. The average Bonchev–Trinajstić information content (AvgIpc) is 3.22. The predicted octanol–water partition coefficient (Wildman–Crippen LogP) is 2.94. The smallest absolute Gasteiger partial charge is 0.287 e. The number of nitrogens with one attached hydrogen (secondary N) is 1. The molecule has 0 aromatic carbocycles. The summed E-state index contributed by atoms with van der Waals surface area (Å²) in [6, 6.07) is 11.1. The van der Waals surface area contributed by atoms with Crippen LogP contribution < -0.4 is 10.2 Å². The first-order valence-electron chi connectivity index (χ1n) is 9.49. The number of thioether (sulfide) groups is 1. The third-order valence-electron chi connectivity index (χ3n) is 4.12. The molecule has 3 heterocycles. The minimum atomic E-state index is -0.240. The van der Waals surface area contributed by atoms with Gasteiger partial charge in [-0.2, -0.15) is 0 Å². The molecular formula is C21H25N5O3S. The third-order valence-corrected chi connectivity index (χ3v) is 4.99. The van der Waals surface area contributed by atoms with Crippen LogP contribution in [0.1, 0.15) is 27.7 Å². The number of hydrogen-bond donors (Lipinski definition) is 1. The van der Waals surface area contributed by atoms with Crippen LogP contribution in [0.25, 0.3) is 0 Å². The van der Waals surface area contributed by atoms with Crippen LogP contribution in [0.2, 0.25) is 0 Å². The lowest BCUT2D eigenvalue weighted by Gasteiger charge is -2.13. The van der Waals surface area contributed by atoms with Crippen LogP contribution in [0, 0.1) is 0 Å². The molecule has 0 bridgehead atoms. The van der Waals surface area contributed by atoms with Gasteiger partial charge in [0, 0.05) is 52.1 Å². The van der Waals surface area contributed by atoms with Gasteiger partial charge in [0.15, 0.2) is 10.9 Å². The van der Waals surface area contributed by atoms with Gasteiger partial charge in [0.25, 0.3) is 5.91 Å². The quantitative estimate of drug-likeness (QED) is 0.390. The van der Waals surface area contributed by atoms with Crippen molar-refractivity contribution < 1.29 is 13.9 Å². The summed E-state index contributed by atoms with van der Waals surface area (Å²) >= 11 is 1.45. The van der Waals surface area contributed by atoms with Crippen LogP contribution >= 0.6 is 11.8 Å². The second-order valence-corrected chi connectivity index (χ2v) is 7.65. The monoisotopic (exact) mass is 427 g/mol. The summed E-state index contributed by atoms with van der Waals surface area (Å²) in [6.07, 6.45) is 2.41. The highest BCUT2D eigenvalue weighted by Crippen LogP contribution is 2.23. The number of aromatic nitrogens is 3. The Bertz CT molecular complexity index is 962. The fourth-order valence-electron chi connectivity index (χ4n) is 2.63. The van der Waals surface area contributed by atoms with E-state index in [0.29, 0.717) is 36.2 Å². The van der Waals surface area contributed by atoms with Gasteiger partial charge in [0.05, 0.1) is 18.1 Å².